The van der Waals surface area contributed by atoms with Gasteiger partial charge < -0.3 is 20.3 Å². The summed E-state index contributed by atoms with van der Waals surface area (Å²) < 4.78 is 6.26. The van der Waals surface area contributed by atoms with Gasteiger partial charge >= 0.3 is 5.97 Å². The Kier molecular flexibility index (Phi) is 7.49. The summed E-state index contributed by atoms with van der Waals surface area (Å²) in [5, 5.41) is 24.6. The van der Waals surface area contributed by atoms with Crippen molar-refractivity contribution in [2.75, 3.05) is 11.9 Å². The molecular weight excluding hydrogens is 524 g/mol. The molecule has 2 atom stereocenters. The maximum absolute atomic E-state index is 12.6. The first kappa shape index (κ1) is 27.1. The van der Waals surface area contributed by atoms with Gasteiger partial charge in [-0.2, -0.15) is 0 Å². The predicted octanol–water partition coefficient (Wildman–Crippen LogP) is 6.88. The number of aliphatic hydroxyl groups is 1. The van der Waals surface area contributed by atoms with Gasteiger partial charge in [0.1, 0.15) is 11.3 Å². The molecule has 0 saturated heterocycles. The molecule has 2 unspecified atom stereocenters. The van der Waals surface area contributed by atoms with Crippen LogP contribution in [0.2, 0.25) is 5.02 Å². The number of ether oxygens (including phenoxy) is 1. The maximum Gasteiger partial charge on any atom is 0.329 e. The number of rotatable bonds is 8. The number of hydrogen-bond donors (Lipinski definition) is 3. The van der Waals surface area contributed by atoms with Crippen LogP contribution in [-0.2, 0) is 23.1 Å². The number of carboxylic acid groups (broad SMARTS) is 1. The zero-order chi connectivity index (χ0) is 27.7. The molecule has 0 aliphatic heterocycles. The van der Waals surface area contributed by atoms with Crippen LogP contribution in [0.1, 0.15) is 79.9 Å². The molecule has 6 rings (SSSR count). The van der Waals surface area contributed by atoms with Crippen LogP contribution in [0.3, 0.4) is 0 Å². The van der Waals surface area contributed by atoms with E-state index in [2.05, 4.69) is 34.6 Å². The molecule has 3 N–H and O–H groups in total. The Balaban J connectivity index is 1.16. The van der Waals surface area contributed by atoms with Gasteiger partial charge in [-0.3, -0.25) is 4.98 Å². The van der Waals surface area contributed by atoms with E-state index in [1.165, 1.54) is 11.1 Å². The van der Waals surface area contributed by atoms with Crippen LogP contribution in [0.4, 0.5) is 5.69 Å². The third-order valence-corrected chi connectivity index (χ3v) is 9.87. The molecule has 3 aliphatic carbocycles. The highest BCUT2D eigenvalue weighted by Gasteiger charge is 2.53. The Morgan fingerprint density at radius 2 is 1.93 bits per heavy atom. The number of nitrogens with one attached hydrogen (secondary N) is 1. The molecule has 3 aliphatic rings. The first-order valence-corrected chi connectivity index (χ1v) is 14.9. The molecule has 2 aromatic carbocycles. The van der Waals surface area contributed by atoms with Crippen LogP contribution in [0.25, 0.3) is 0 Å². The van der Waals surface area contributed by atoms with E-state index in [9.17, 15) is 15.0 Å². The van der Waals surface area contributed by atoms with Crippen molar-refractivity contribution >= 4 is 23.3 Å². The molecule has 40 heavy (non-hydrogen) atoms. The normalized spacial score (nSPS) is 27.1. The van der Waals surface area contributed by atoms with Crippen molar-refractivity contribution in [1.29, 1.82) is 0 Å². The number of carbonyl (C=O) groups is 1. The molecule has 0 radical (unpaired) electrons. The number of aliphatic carboxylic acids is 1. The van der Waals surface area contributed by atoms with Gasteiger partial charge in [0.25, 0.3) is 0 Å². The number of hydrogen-bond acceptors (Lipinski definition) is 5. The zero-order valence-corrected chi connectivity index (χ0v) is 23.5. The van der Waals surface area contributed by atoms with E-state index < -0.39 is 17.6 Å². The minimum absolute atomic E-state index is 0.0223. The summed E-state index contributed by atoms with van der Waals surface area (Å²) >= 11 is 6.19. The van der Waals surface area contributed by atoms with E-state index in [0.29, 0.717) is 30.4 Å². The smallest absolute Gasteiger partial charge is 0.329 e. The van der Waals surface area contributed by atoms with Crippen LogP contribution >= 0.6 is 11.6 Å². The Hall–Kier alpha value is -3.09. The molecule has 0 amide bonds. The number of benzene rings is 2. The highest BCUT2D eigenvalue weighted by Crippen LogP contribution is 2.55. The molecule has 210 valence electrons. The fourth-order valence-electron chi connectivity index (χ4n) is 7.56. The summed E-state index contributed by atoms with van der Waals surface area (Å²) in [6.45, 7) is 0.616. The van der Waals surface area contributed by atoms with Crippen molar-refractivity contribution in [2.45, 2.75) is 81.3 Å². The summed E-state index contributed by atoms with van der Waals surface area (Å²) in [6.07, 6.45) is 9.56. The minimum atomic E-state index is -1.01. The molecule has 6 nitrogen and oxygen atoms in total. The second-order valence-corrected chi connectivity index (χ2v) is 12.2. The third kappa shape index (κ3) is 4.97. The van der Waals surface area contributed by atoms with Crippen LogP contribution in [0.5, 0.6) is 5.75 Å². The van der Waals surface area contributed by atoms with Gasteiger partial charge in [0, 0.05) is 22.5 Å². The number of halogens is 1. The highest BCUT2D eigenvalue weighted by atomic mass is 35.5. The lowest BCUT2D eigenvalue weighted by Gasteiger charge is -2.47. The number of aromatic nitrogens is 1. The molecule has 1 saturated carbocycles. The zero-order valence-electron chi connectivity index (χ0n) is 22.7. The van der Waals surface area contributed by atoms with Gasteiger partial charge in [-0.1, -0.05) is 41.9 Å². The number of fused-ring (bicyclic) bond motifs is 3. The van der Waals surface area contributed by atoms with E-state index in [1.807, 2.05) is 18.2 Å². The van der Waals surface area contributed by atoms with Crippen molar-refractivity contribution in [2.24, 2.45) is 5.92 Å². The number of carboxylic acids is 1. The molecule has 1 heterocycles. The summed E-state index contributed by atoms with van der Waals surface area (Å²) in [4.78, 5) is 17.0. The lowest BCUT2D eigenvalue weighted by Crippen LogP contribution is -2.53. The van der Waals surface area contributed by atoms with E-state index in [-0.39, 0.29) is 5.41 Å². The maximum atomic E-state index is 12.6. The lowest BCUT2D eigenvalue weighted by atomic mass is 9.60. The molecule has 0 bridgehead atoms. The average molecular weight is 561 g/mol. The Morgan fingerprint density at radius 1 is 1.10 bits per heavy atom. The lowest BCUT2D eigenvalue weighted by molar-refractivity contribution is -0.144. The van der Waals surface area contributed by atoms with Crippen molar-refractivity contribution in [3.63, 3.8) is 0 Å². The summed E-state index contributed by atoms with van der Waals surface area (Å²) in [7, 11) is 0. The van der Waals surface area contributed by atoms with Crippen molar-refractivity contribution in [3.8, 4) is 5.75 Å². The third-order valence-electron chi connectivity index (χ3n) is 9.64. The molecule has 1 spiro atoms. The topological polar surface area (TPSA) is 91.7 Å². The Bertz CT molecular complexity index is 1380. The van der Waals surface area contributed by atoms with Crippen LogP contribution in [0, 0.1) is 5.92 Å². The molecular formula is C33H37ClN2O4. The van der Waals surface area contributed by atoms with Gasteiger partial charge in [0.2, 0.25) is 0 Å². The van der Waals surface area contributed by atoms with Gasteiger partial charge in [0.15, 0.2) is 0 Å². The Labute approximate surface area is 240 Å². The summed E-state index contributed by atoms with van der Waals surface area (Å²) in [5.41, 5.74) is 4.34. The molecule has 7 heteroatoms. The standard InChI is InChI=1S/C33H37ClN2O4/c34-24-8-3-9-25(21-24)36-33(31(38)39)16-14-32(15-17-33)23(20-22-6-1-2-11-27(22)32)7-5-19-40-29-13-18-35-30-26(29)10-4-12-28(30)37/h1-3,6,8-9,11,13,18,21,23,28,36-37H,4-5,7,10,12,14-17,19-20H2,(H,38,39). The highest BCUT2D eigenvalue weighted by molar-refractivity contribution is 6.30. The van der Waals surface area contributed by atoms with Gasteiger partial charge in [0.05, 0.1) is 18.4 Å². The fourth-order valence-corrected chi connectivity index (χ4v) is 7.75. The number of nitrogens with zero attached hydrogens (tertiary/aromatic N) is 1. The van der Waals surface area contributed by atoms with E-state index >= 15 is 0 Å². The first-order valence-electron chi connectivity index (χ1n) is 14.5. The molecule has 3 aromatic rings. The molecule has 1 aromatic heterocycles. The first-order chi connectivity index (χ1) is 19.4. The molecule has 1 fully saturated rings. The fraction of sp³-hybridized carbons (Fsp3) is 0.455. The van der Waals surface area contributed by atoms with Crippen molar-refractivity contribution in [3.05, 3.63) is 88.2 Å². The number of anilines is 1. The SMILES string of the molecule is O=C(O)C1(Nc2cccc(Cl)c2)CCC2(CC1)c1ccccc1CC2CCCOc1ccnc2c1CCCC2O. The summed E-state index contributed by atoms with van der Waals surface area (Å²) in [5.74, 6) is 0.494. The number of aliphatic hydroxyl groups excluding tert-OH is 1. The van der Waals surface area contributed by atoms with Gasteiger partial charge in [-0.15, -0.1) is 0 Å². The van der Waals surface area contributed by atoms with Crippen molar-refractivity contribution in [1.82, 2.24) is 4.98 Å². The second kappa shape index (κ2) is 11.1. The van der Waals surface area contributed by atoms with Gasteiger partial charge in [-0.05, 0) is 111 Å². The quantitative estimate of drug-likeness (QED) is 0.260. The van der Waals surface area contributed by atoms with Gasteiger partial charge in [-0.25, -0.2) is 4.79 Å². The Morgan fingerprint density at radius 3 is 2.73 bits per heavy atom. The second-order valence-electron chi connectivity index (χ2n) is 11.8. The largest absolute Gasteiger partial charge is 0.493 e. The summed E-state index contributed by atoms with van der Waals surface area (Å²) in [6, 6.07) is 18.0. The average Bonchev–Trinajstić information content (AvgIpc) is 3.25. The van der Waals surface area contributed by atoms with E-state index in [4.69, 9.17) is 16.3 Å². The van der Waals surface area contributed by atoms with Crippen LogP contribution in [-0.4, -0.2) is 33.3 Å². The van der Waals surface area contributed by atoms with Crippen LogP contribution in [0.15, 0.2) is 60.8 Å². The van der Waals surface area contributed by atoms with E-state index in [0.717, 1.165) is 74.1 Å². The van der Waals surface area contributed by atoms with Crippen LogP contribution < -0.4 is 10.1 Å². The number of pyridine rings is 1. The monoisotopic (exact) mass is 560 g/mol. The minimum Gasteiger partial charge on any atom is -0.493 e. The predicted molar refractivity (Wildman–Crippen MR) is 156 cm³/mol. The van der Waals surface area contributed by atoms with E-state index in [1.54, 1.807) is 18.3 Å². The van der Waals surface area contributed by atoms with Crippen molar-refractivity contribution < 1.29 is 19.7 Å².